The number of carbonyl (C=O) groups excluding carboxylic acids is 1. The van der Waals surface area contributed by atoms with Crippen LogP contribution < -0.4 is 0 Å². The molecule has 29 heavy (non-hydrogen) atoms. The molecule has 3 rings (SSSR count). The summed E-state index contributed by atoms with van der Waals surface area (Å²) in [6, 6.07) is 13.6. The summed E-state index contributed by atoms with van der Waals surface area (Å²) in [5, 5.41) is 10.1. The second kappa shape index (κ2) is 7.87. The van der Waals surface area contributed by atoms with Crippen LogP contribution in [0.4, 0.5) is 4.79 Å². The zero-order valence-corrected chi connectivity index (χ0v) is 17.4. The molecule has 1 amide bonds. The largest absolute Gasteiger partial charge is 0.480 e. The molecular formula is C23H27NO5. The van der Waals surface area contributed by atoms with Gasteiger partial charge in [0.1, 0.15) is 0 Å². The smallest absolute Gasteiger partial charge is 0.411 e. The fourth-order valence-electron chi connectivity index (χ4n) is 4.08. The molecule has 0 fully saturated rings. The fourth-order valence-corrected chi connectivity index (χ4v) is 4.08. The second-order valence-corrected chi connectivity index (χ2v) is 8.17. The molecule has 6 heteroatoms. The molecule has 154 valence electrons. The van der Waals surface area contributed by atoms with E-state index in [9.17, 15) is 14.7 Å². The first kappa shape index (κ1) is 20.9. The van der Waals surface area contributed by atoms with Crippen molar-refractivity contribution in [1.82, 2.24) is 4.90 Å². The Hall–Kier alpha value is -2.86. The summed E-state index contributed by atoms with van der Waals surface area (Å²) in [6.07, 6.45) is -1.47. The first-order chi connectivity index (χ1) is 13.7. The Morgan fingerprint density at radius 1 is 1.00 bits per heavy atom. The topological polar surface area (TPSA) is 76.1 Å². The minimum atomic E-state index is -1.23. The van der Waals surface area contributed by atoms with Crippen molar-refractivity contribution in [3.8, 4) is 11.1 Å². The molecule has 0 aliphatic heterocycles. The Morgan fingerprint density at radius 3 is 1.90 bits per heavy atom. The van der Waals surface area contributed by atoms with E-state index in [0.29, 0.717) is 0 Å². The van der Waals surface area contributed by atoms with Gasteiger partial charge in [-0.3, -0.25) is 4.90 Å². The van der Waals surface area contributed by atoms with Gasteiger partial charge in [0.05, 0.1) is 24.9 Å². The average Bonchev–Trinajstić information content (AvgIpc) is 2.98. The van der Waals surface area contributed by atoms with Gasteiger partial charge in [-0.25, -0.2) is 9.59 Å². The van der Waals surface area contributed by atoms with Gasteiger partial charge in [-0.1, -0.05) is 48.5 Å². The lowest BCUT2D eigenvalue weighted by atomic mass is 9.99. The number of hydrogen-bond donors (Lipinski definition) is 1. The van der Waals surface area contributed by atoms with Crippen LogP contribution in [-0.2, 0) is 14.3 Å². The van der Waals surface area contributed by atoms with Crippen molar-refractivity contribution < 1.29 is 24.2 Å². The molecule has 0 heterocycles. The van der Waals surface area contributed by atoms with E-state index < -0.39 is 35.9 Å². The Labute approximate surface area is 171 Å². The number of fused-ring (bicyclic) bond motifs is 3. The third kappa shape index (κ3) is 3.98. The molecule has 1 aliphatic carbocycles. The maximum atomic E-state index is 12.9. The molecule has 1 unspecified atom stereocenters. The quantitative estimate of drug-likeness (QED) is 0.805. The Balaban J connectivity index is 2.16. The van der Waals surface area contributed by atoms with Crippen LogP contribution in [0.1, 0.15) is 44.9 Å². The summed E-state index contributed by atoms with van der Waals surface area (Å²) < 4.78 is 11.0. The van der Waals surface area contributed by atoms with Crippen molar-refractivity contribution in [2.75, 3.05) is 7.11 Å². The molecule has 0 spiro atoms. The van der Waals surface area contributed by atoms with E-state index in [0.717, 1.165) is 22.3 Å². The molecule has 0 saturated carbocycles. The Morgan fingerprint density at radius 2 is 1.48 bits per heavy atom. The first-order valence-corrected chi connectivity index (χ1v) is 9.61. The summed E-state index contributed by atoms with van der Waals surface area (Å²) in [6.45, 7) is 7.23. The van der Waals surface area contributed by atoms with Crippen LogP contribution in [-0.4, -0.2) is 46.9 Å². The molecule has 1 N–H and O–H groups in total. The van der Waals surface area contributed by atoms with Crippen LogP contribution in [0, 0.1) is 0 Å². The third-order valence-corrected chi connectivity index (χ3v) is 5.00. The average molecular weight is 397 g/mol. The minimum Gasteiger partial charge on any atom is -0.480 e. The summed E-state index contributed by atoms with van der Waals surface area (Å²) in [4.78, 5) is 26.6. The number of methoxy groups -OCH3 is 1. The maximum absolute atomic E-state index is 12.9. The first-order valence-electron chi connectivity index (χ1n) is 9.61. The highest BCUT2D eigenvalue weighted by molar-refractivity contribution is 5.85. The summed E-state index contributed by atoms with van der Waals surface area (Å²) >= 11 is 0. The number of carboxylic acid groups (broad SMARTS) is 1. The lowest BCUT2D eigenvalue weighted by molar-refractivity contribution is -0.155. The van der Waals surface area contributed by atoms with Gasteiger partial charge in [-0.05, 0) is 49.9 Å². The van der Waals surface area contributed by atoms with Gasteiger partial charge < -0.3 is 14.6 Å². The predicted molar refractivity (Wildman–Crippen MR) is 110 cm³/mol. The van der Waals surface area contributed by atoms with E-state index in [4.69, 9.17) is 9.47 Å². The van der Waals surface area contributed by atoms with Crippen molar-refractivity contribution in [3.63, 3.8) is 0 Å². The van der Waals surface area contributed by atoms with Crippen LogP contribution in [0.25, 0.3) is 11.1 Å². The number of rotatable bonds is 5. The van der Waals surface area contributed by atoms with Crippen LogP contribution in [0.15, 0.2) is 48.5 Å². The van der Waals surface area contributed by atoms with Crippen LogP contribution in [0.2, 0.25) is 0 Å². The van der Waals surface area contributed by atoms with Crippen LogP contribution in [0.3, 0.4) is 0 Å². The van der Waals surface area contributed by atoms with E-state index >= 15 is 0 Å². The number of carbonyl (C=O) groups is 2. The van der Waals surface area contributed by atoms with E-state index in [-0.39, 0.29) is 0 Å². The molecule has 1 aliphatic rings. The van der Waals surface area contributed by atoms with Gasteiger partial charge in [0, 0.05) is 0 Å². The van der Waals surface area contributed by atoms with Gasteiger partial charge in [-0.2, -0.15) is 0 Å². The van der Waals surface area contributed by atoms with Crippen molar-refractivity contribution in [3.05, 3.63) is 59.7 Å². The van der Waals surface area contributed by atoms with E-state index in [1.165, 1.54) is 12.0 Å². The number of aliphatic carboxylic acids is 1. The van der Waals surface area contributed by atoms with Gasteiger partial charge in [0.15, 0.2) is 6.04 Å². The van der Waals surface area contributed by atoms with Crippen molar-refractivity contribution in [2.24, 2.45) is 0 Å². The summed E-state index contributed by atoms with van der Waals surface area (Å²) in [5.41, 5.74) is 3.13. The lowest BCUT2D eigenvalue weighted by Gasteiger charge is -2.38. The SMILES string of the molecule is COC(=O)N(C1c2ccccc2-c2ccccc21)[C@@H](C(=O)O)C(C)OC(C)(C)C. The predicted octanol–water partition coefficient (Wildman–Crippen LogP) is 4.48. The highest BCUT2D eigenvalue weighted by atomic mass is 16.5. The van der Waals surface area contributed by atoms with Crippen molar-refractivity contribution >= 4 is 12.1 Å². The van der Waals surface area contributed by atoms with Crippen molar-refractivity contribution in [2.45, 2.75) is 51.5 Å². The number of benzene rings is 2. The van der Waals surface area contributed by atoms with Gasteiger partial charge in [-0.15, -0.1) is 0 Å². The van der Waals surface area contributed by atoms with Gasteiger partial charge in [0.2, 0.25) is 0 Å². The molecule has 2 aromatic rings. The molecule has 2 aromatic carbocycles. The molecular weight excluding hydrogens is 370 g/mol. The zero-order chi connectivity index (χ0) is 21.3. The maximum Gasteiger partial charge on any atom is 0.411 e. The Bertz CT molecular complexity index is 872. The second-order valence-electron chi connectivity index (χ2n) is 8.17. The van der Waals surface area contributed by atoms with Crippen LogP contribution in [0.5, 0.6) is 0 Å². The number of ether oxygens (including phenoxy) is 2. The Kier molecular flexibility index (Phi) is 5.66. The fraction of sp³-hybridized carbons (Fsp3) is 0.391. The molecule has 0 bridgehead atoms. The summed E-state index contributed by atoms with van der Waals surface area (Å²) in [5.74, 6) is -1.14. The van der Waals surface area contributed by atoms with Crippen molar-refractivity contribution in [1.29, 1.82) is 0 Å². The molecule has 2 atom stereocenters. The highest BCUT2D eigenvalue weighted by Gasteiger charge is 2.45. The van der Waals surface area contributed by atoms with Gasteiger partial charge in [0.25, 0.3) is 0 Å². The number of nitrogens with zero attached hydrogens (tertiary/aromatic N) is 1. The molecule has 6 nitrogen and oxygen atoms in total. The normalized spacial score (nSPS) is 15.2. The standard InChI is InChI=1S/C23H27NO5/c1-14(29-23(2,3)4)19(21(25)26)24(22(27)28-5)20-17-12-8-6-10-15(17)16-11-7-9-13-18(16)20/h6-14,19-20H,1-5H3,(H,25,26)/t14?,19-/m1/s1. The molecule has 0 radical (unpaired) electrons. The van der Waals surface area contributed by atoms with Crippen LogP contribution >= 0.6 is 0 Å². The van der Waals surface area contributed by atoms with E-state index in [1.807, 2.05) is 69.3 Å². The monoisotopic (exact) mass is 397 g/mol. The molecule has 0 saturated heterocycles. The summed E-state index contributed by atoms with van der Waals surface area (Å²) in [7, 11) is 1.26. The number of carboxylic acids is 1. The van der Waals surface area contributed by atoms with Gasteiger partial charge >= 0.3 is 12.1 Å². The lowest BCUT2D eigenvalue weighted by Crippen LogP contribution is -2.54. The minimum absolute atomic E-state index is 0.569. The number of amides is 1. The number of hydrogen-bond acceptors (Lipinski definition) is 4. The van der Waals surface area contributed by atoms with E-state index in [2.05, 4.69) is 0 Å². The molecule has 0 aromatic heterocycles. The van der Waals surface area contributed by atoms with E-state index in [1.54, 1.807) is 6.92 Å². The zero-order valence-electron chi connectivity index (χ0n) is 17.4. The highest BCUT2D eigenvalue weighted by Crippen LogP contribution is 2.47. The third-order valence-electron chi connectivity index (χ3n) is 5.00.